The lowest BCUT2D eigenvalue weighted by molar-refractivity contribution is 0.460. The van der Waals surface area contributed by atoms with Crippen LogP contribution in [-0.4, -0.2) is 16.8 Å². The van der Waals surface area contributed by atoms with Crippen molar-refractivity contribution < 1.29 is 9.13 Å². The molecule has 1 aromatic carbocycles. The largest absolute Gasteiger partial charge is 0.454 e. The molecule has 0 saturated heterocycles. The number of ether oxygens (including phenoxy) is 1. The summed E-state index contributed by atoms with van der Waals surface area (Å²) in [5.41, 5.74) is 0.516. The smallest absolute Gasteiger partial charge is 0.165 e. The predicted molar refractivity (Wildman–Crippen MR) is 71.8 cm³/mol. The monoisotopic (exact) mass is 263 g/mol. The maximum absolute atomic E-state index is 13.7. The van der Waals surface area contributed by atoms with Gasteiger partial charge in [-0.15, -0.1) is 0 Å². The third-order valence-corrected chi connectivity index (χ3v) is 2.76. The highest BCUT2D eigenvalue weighted by Gasteiger charge is 2.11. The molecule has 0 radical (unpaired) electrons. The Bertz CT molecular complexity index is 551. The summed E-state index contributed by atoms with van der Waals surface area (Å²) < 4.78 is 21.2. The second-order valence-corrected chi connectivity index (χ2v) is 4.60. The molecule has 0 fully saturated rings. The van der Waals surface area contributed by atoms with Crippen molar-refractivity contribution in [1.29, 1.82) is 0 Å². The van der Waals surface area contributed by atoms with Crippen LogP contribution in [0, 0.1) is 5.82 Å². The van der Waals surface area contributed by atoms with E-state index in [0.29, 0.717) is 23.6 Å². The molecular formula is C14H18FN3O. The van der Waals surface area contributed by atoms with Gasteiger partial charge in [-0.2, -0.15) is 5.10 Å². The Morgan fingerprint density at radius 1 is 1.42 bits per heavy atom. The standard InChI is InChI=1S/C14H18FN3O/c1-10(2)18-9-11(7-17-18)19-14-6-4-5-13(15)12(14)8-16-3/h4-7,9-10,16H,8H2,1-3H3. The van der Waals surface area contributed by atoms with Crippen LogP contribution in [0.2, 0.25) is 0 Å². The van der Waals surface area contributed by atoms with Gasteiger partial charge in [-0.3, -0.25) is 4.68 Å². The fraction of sp³-hybridized carbons (Fsp3) is 0.357. The van der Waals surface area contributed by atoms with E-state index in [1.807, 2.05) is 13.8 Å². The quantitative estimate of drug-likeness (QED) is 0.900. The highest BCUT2D eigenvalue weighted by Crippen LogP contribution is 2.27. The van der Waals surface area contributed by atoms with Gasteiger partial charge in [0.25, 0.3) is 0 Å². The summed E-state index contributed by atoms with van der Waals surface area (Å²) in [6.45, 7) is 4.48. The van der Waals surface area contributed by atoms with Gasteiger partial charge in [-0.1, -0.05) is 6.07 Å². The Kier molecular flexibility index (Phi) is 4.16. The first-order valence-corrected chi connectivity index (χ1v) is 6.26. The minimum absolute atomic E-state index is 0.265. The summed E-state index contributed by atoms with van der Waals surface area (Å²) in [7, 11) is 1.77. The topological polar surface area (TPSA) is 39.1 Å². The van der Waals surface area contributed by atoms with E-state index in [1.165, 1.54) is 6.07 Å². The Balaban J connectivity index is 2.24. The number of aromatic nitrogens is 2. The van der Waals surface area contributed by atoms with Crippen molar-refractivity contribution in [2.45, 2.75) is 26.4 Å². The first kappa shape index (κ1) is 13.5. The number of hydrogen-bond acceptors (Lipinski definition) is 3. The third kappa shape index (κ3) is 3.12. The van der Waals surface area contributed by atoms with Gasteiger partial charge in [0.1, 0.15) is 11.6 Å². The molecule has 4 nitrogen and oxygen atoms in total. The maximum atomic E-state index is 13.7. The average Bonchev–Trinajstić information content (AvgIpc) is 2.82. The average molecular weight is 263 g/mol. The molecule has 0 aliphatic heterocycles. The third-order valence-electron chi connectivity index (χ3n) is 2.76. The molecule has 0 amide bonds. The minimum Gasteiger partial charge on any atom is -0.454 e. The van der Waals surface area contributed by atoms with Crippen molar-refractivity contribution >= 4 is 0 Å². The van der Waals surface area contributed by atoms with Gasteiger partial charge < -0.3 is 10.1 Å². The van der Waals surface area contributed by atoms with Crippen molar-refractivity contribution in [3.63, 3.8) is 0 Å². The second-order valence-electron chi connectivity index (χ2n) is 4.60. The normalized spacial score (nSPS) is 11.0. The highest BCUT2D eigenvalue weighted by molar-refractivity contribution is 5.37. The molecule has 0 spiro atoms. The molecular weight excluding hydrogens is 245 g/mol. The van der Waals surface area contributed by atoms with Crippen LogP contribution in [0.3, 0.4) is 0 Å². The van der Waals surface area contributed by atoms with Gasteiger partial charge in [-0.05, 0) is 33.0 Å². The van der Waals surface area contributed by atoms with Crippen LogP contribution in [0.15, 0.2) is 30.6 Å². The molecule has 0 atom stereocenters. The van der Waals surface area contributed by atoms with E-state index >= 15 is 0 Å². The van der Waals surface area contributed by atoms with E-state index in [4.69, 9.17) is 4.74 Å². The zero-order chi connectivity index (χ0) is 13.8. The van der Waals surface area contributed by atoms with Crippen molar-refractivity contribution in [2.24, 2.45) is 0 Å². The number of hydrogen-bond donors (Lipinski definition) is 1. The maximum Gasteiger partial charge on any atom is 0.165 e. The van der Waals surface area contributed by atoms with Gasteiger partial charge in [0.15, 0.2) is 5.75 Å². The lowest BCUT2D eigenvalue weighted by Gasteiger charge is -2.10. The zero-order valence-corrected chi connectivity index (χ0v) is 11.4. The Labute approximate surface area is 112 Å². The van der Waals surface area contributed by atoms with Crippen LogP contribution in [0.1, 0.15) is 25.5 Å². The number of nitrogens with one attached hydrogen (secondary N) is 1. The van der Waals surface area contributed by atoms with E-state index in [1.54, 1.807) is 36.3 Å². The molecule has 0 saturated carbocycles. The van der Waals surface area contributed by atoms with E-state index in [-0.39, 0.29) is 11.9 Å². The second kappa shape index (κ2) is 5.84. The van der Waals surface area contributed by atoms with E-state index < -0.39 is 0 Å². The van der Waals surface area contributed by atoms with Gasteiger partial charge in [0.05, 0.1) is 12.4 Å². The summed E-state index contributed by atoms with van der Waals surface area (Å²) in [6.07, 6.45) is 3.44. The molecule has 0 aliphatic rings. The first-order valence-electron chi connectivity index (χ1n) is 6.26. The molecule has 0 aliphatic carbocycles. The van der Waals surface area contributed by atoms with Crippen LogP contribution in [-0.2, 0) is 6.54 Å². The van der Waals surface area contributed by atoms with Crippen molar-refractivity contribution in [1.82, 2.24) is 15.1 Å². The van der Waals surface area contributed by atoms with Crippen LogP contribution in [0.4, 0.5) is 4.39 Å². The molecule has 102 valence electrons. The summed E-state index contributed by atoms with van der Waals surface area (Å²) >= 11 is 0. The van der Waals surface area contributed by atoms with Crippen LogP contribution >= 0.6 is 0 Å². The number of nitrogens with zero attached hydrogens (tertiary/aromatic N) is 2. The molecule has 0 unspecified atom stereocenters. The lowest BCUT2D eigenvalue weighted by atomic mass is 10.2. The Morgan fingerprint density at radius 2 is 2.21 bits per heavy atom. The number of halogens is 1. The summed E-state index contributed by atoms with van der Waals surface area (Å²) in [5.74, 6) is 0.845. The van der Waals surface area contributed by atoms with Gasteiger partial charge in [-0.25, -0.2) is 4.39 Å². The van der Waals surface area contributed by atoms with Crippen molar-refractivity contribution in [3.8, 4) is 11.5 Å². The first-order chi connectivity index (χ1) is 9.11. The summed E-state index contributed by atoms with van der Waals surface area (Å²) in [5, 5.41) is 7.13. The summed E-state index contributed by atoms with van der Waals surface area (Å²) in [4.78, 5) is 0. The van der Waals surface area contributed by atoms with Crippen LogP contribution < -0.4 is 10.1 Å². The van der Waals surface area contributed by atoms with Crippen LogP contribution in [0.5, 0.6) is 11.5 Å². The highest BCUT2D eigenvalue weighted by atomic mass is 19.1. The molecule has 1 aromatic heterocycles. The zero-order valence-electron chi connectivity index (χ0n) is 11.4. The van der Waals surface area contributed by atoms with E-state index in [9.17, 15) is 4.39 Å². The number of benzene rings is 1. The molecule has 5 heteroatoms. The lowest BCUT2D eigenvalue weighted by Crippen LogP contribution is -2.08. The molecule has 19 heavy (non-hydrogen) atoms. The Morgan fingerprint density at radius 3 is 2.84 bits per heavy atom. The minimum atomic E-state index is -0.275. The van der Waals surface area contributed by atoms with Crippen molar-refractivity contribution in [2.75, 3.05) is 7.05 Å². The fourth-order valence-electron chi connectivity index (χ4n) is 1.77. The van der Waals surface area contributed by atoms with Gasteiger partial charge in [0, 0.05) is 18.2 Å². The van der Waals surface area contributed by atoms with E-state index in [2.05, 4.69) is 10.4 Å². The molecule has 0 bridgehead atoms. The molecule has 1 heterocycles. The van der Waals surface area contributed by atoms with Gasteiger partial charge >= 0.3 is 0 Å². The fourth-order valence-corrected chi connectivity index (χ4v) is 1.77. The molecule has 2 rings (SSSR count). The summed E-state index contributed by atoms with van der Waals surface area (Å²) in [6, 6.07) is 5.08. The SMILES string of the molecule is CNCc1c(F)cccc1Oc1cnn(C(C)C)c1. The molecule has 2 aromatic rings. The van der Waals surface area contributed by atoms with E-state index in [0.717, 1.165) is 0 Å². The predicted octanol–water partition coefficient (Wildman–Crippen LogP) is 3.11. The number of rotatable bonds is 5. The van der Waals surface area contributed by atoms with Gasteiger partial charge in [0.2, 0.25) is 0 Å². The Hall–Kier alpha value is -1.88. The van der Waals surface area contributed by atoms with Crippen molar-refractivity contribution in [3.05, 3.63) is 42.0 Å². The molecule has 1 N–H and O–H groups in total. The van der Waals surface area contributed by atoms with Crippen LogP contribution in [0.25, 0.3) is 0 Å².